The minimum atomic E-state index is -4.32. The molecule has 13 heavy (non-hydrogen) atoms. The van der Waals surface area contributed by atoms with E-state index >= 15 is 0 Å². The second kappa shape index (κ2) is 4.45. The van der Waals surface area contributed by atoms with Crippen LogP contribution in [0.4, 0.5) is 13.2 Å². The first-order valence-corrected chi connectivity index (χ1v) is 3.83. The largest absolute Gasteiger partial charge is 0.401 e. The van der Waals surface area contributed by atoms with Crippen molar-refractivity contribution in [3.8, 4) is 0 Å². The number of carbonyl (C=O) groups excluding carboxylic acids is 1. The van der Waals surface area contributed by atoms with E-state index in [-0.39, 0.29) is 5.92 Å². The number of nitrogens with one attached hydrogen (secondary N) is 1. The quantitative estimate of drug-likeness (QED) is 0.696. The van der Waals surface area contributed by atoms with Gasteiger partial charge in [-0.25, -0.2) is 0 Å². The molecule has 0 fully saturated rings. The van der Waals surface area contributed by atoms with Crippen molar-refractivity contribution in [2.24, 2.45) is 11.7 Å². The summed E-state index contributed by atoms with van der Waals surface area (Å²) < 4.78 is 35.2. The van der Waals surface area contributed by atoms with Gasteiger partial charge >= 0.3 is 6.18 Å². The molecule has 0 heterocycles. The Morgan fingerprint density at radius 2 is 1.92 bits per heavy atom. The number of hydrogen-bond acceptors (Lipinski definition) is 2. The molecule has 6 heteroatoms. The number of carbonyl (C=O) groups is 1. The fourth-order valence-electron chi connectivity index (χ4n) is 0.891. The van der Waals surface area contributed by atoms with E-state index in [2.05, 4.69) is 5.32 Å². The molecule has 0 bridgehead atoms. The van der Waals surface area contributed by atoms with Crippen LogP contribution < -0.4 is 11.1 Å². The fourth-order valence-corrected chi connectivity index (χ4v) is 0.891. The van der Waals surface area contributed by atoms with Crippen LogP contribution in [0.25, 0.3) is 0 Å². The standard InChI is InChI=1S/C7H13F3N2O/c1-4(2)5(6(11)13)12-3-7(8,9)10/h4-5,12H,3H2,1-2H3,(H2,11,13)/t5-/m1/s1. The molecule has 3 nitrogen and oxygen atoms in total. The minimum Gasteiger partial charge on any atom is -0.368 e. The summed E-state index contributed by atoms with van der Waals surface area (Å²) in [5.41, 5.74) is 4.90. The van der Waals surface area contributed by atoms with Gasteiger partial charge < -0.3 is 5.73 Å². The third-order valence-corrected chi connectivity index (χ3v) is 1.50. The summed E-state index contributed by atoms with van der Waals surface area (Å²) in [6.07, 6.45) is -4.32. The normalized spacial score (nSPS) is 14.6. The second-order valence-corrected chi connectivity index (χ2v) is 3.12. The zero-order valence-corrected chi connectivity index (χ0v) is 7.48. The molecule has 1 amide bonds. The first-order chi connectivity index (χ1) is 5.74. The Hall–Kier alpha value is -0.780. The van der Waals surface area contributed by atoms with E-state index in [4.69, 9.17) is 5.73 Å². The van der Waals surface area contributed by atoms with Crippen molar-refractivity contribution in [3.05, 3.63) is 0 Å². The van der Waals surface area contributed by atoms with Gasteiger partial charge in [0.1, 0.15) is 0 Å². The molecule has 0 aromatic carbocycles. The van der Waals surface area contributed by atoms with Gasteiger partial charge in [0.15, 0.2) is 0 Å². The number of rotatable bonds is 4. The molecule has 0 radical (unpaired) electrons. The molecule has 0 unspecified atom stereocenters. The molecular formula is C7H13F3N2O. The molecule has 0 spiro atoms. The Bertz CT molecular complexity index is 179. The SMILES string of the molecule is CC(C)[C@@H](NCC(F)(F)F)C(N)=O. The second-order valence-electron chi connectivity index (χ2n) is 3.12. The lowest BCUT2D eigenvalue weighted by Gasteiger charge is -2.19. The molecule has 0 aliphatic heterocycles. The topological polar surface area (TPSA) is 55.1 Å². The highest BCUT2D eigenvalue weighted by molar-refractivity contribution is 5.80. The molecule has 0 aromatic heterocycles. The summed E-state index contributed by atoms with van der Waals surface area (Å²) in [6.45, 7) is 2.05. The maximum atomic E-state index is 11.7. The Labute approximate surface area is 74.5 Å². The maximum absolute atomic E-state index is 11.7. The van der Waals surface area contributed by atoms with Crippen LogP contribution in [0.5, 0.6) is 0 Å². The van der Waals surface area contributed by atoms with E-state index in [9.17, 15) is 18.0 Å². The van der Waals surface area contributed by atoms with Crippen LogP contribution in [0.3, 0.4) is 0 Å². The van der Waals surface area contributed by atoms with E-state index in [0.717, 1.165) is 0 Å². The zero-order valence-electron chi connectivity index (χ0n) is 7.48. The summed E-state index contributed by atoms with van der Waals surface area (Å²) in [7, 11) is 0. The smallest absolute Gasteiger partial charge is 0.368 e. The molecule has 1 atom stereocenters. The third kappa shape index (κ3) is 5.46. The van der Waals surface area contributed by atoms with Crippen molar-refractivity contribution < 1.29 is 18.0 Å². The van der Waals surface area contributed by atoms with Crippen LogP contribution in [-0.4, -0.2) is 24.7 Å². The van der Waals surface area contributed by atoms with Gasteiger partial charge in [-0.05, 0) is 5.92 Å². The van der Waals surface area contributed by atoms with E-state index in [1.807, 2.05) is 0 Å². The van der Waals surface area contributed by atoms with E-state index in [1.54, 1.807) is 13.8 Å². The highest BCUT2D eigenvalue weighted by Gasteiger charge is 2.30. The minimum absolute atomic E-state index is 0.250. The summed E-state index contributed by atoms with van der Waals surface area (Å²) >= 11 is 0. The molecule has 0 aliphatic carbocycles. The van der Waals surface area contributed by atoms with Gasteiger partial charge in [0.05, 0.1) is 12.6 Å². The Balaban J connectivity index is 4.06. The van der Waals surface area contributed by atoms with Crippen molar-refractivity contribution in [2.45, 2.75) is 26.1 Å². The Morgan fingerprint density at radius 3 is 2.15 bits per heavy atom. The highest BCUT2D eigenvalue weighted by Crippen LogP contribution is 2.13. The Kier molecular flexibility index (Phi) is 4.19. The number of alkyl halides is 3. The first kappa shape index (κ1) is 12.2. The van der Waals surface area contributed by atoms with Crippen LogP contribution in [0.2, 0.25) is 0 Å². The highest BCUT2D eigenvalue weighted by atomic mass is 19.4. The van der Waals surface area contributed by atoms with Crippen molar-refractivity contribution in [3.63, 3.8) is 0 Å². The van der Waals surface area contributed by atoms with Gasteiger partial charge in [-0.1, -0.05) is 13.8 Å². The lowest BCUT2D eigenvalue weighted by atomic mass is 10.0. The van der Waals surface area contributed by atoms with Crippen molar-refractivity contribution in [2.75, 3.05) is 6.54 Å². The van der Waals surface area contributed by atoms with Crippen molar-refractivity contribution in [1.29, 1.82) is 0 Å². The van der Waals surface area contributed by atoms with E-state index in [0.29, 0.717) is 0 Å². The lowest BCUT2D eigenvalue weighted by molar-refractivity contribution is -0.131. The lowest BCUT2D eigenvalue weighted by Crippen LogP contribution is -2.48. The molecule has 0 aliphatic rings. The number of nitrogens with two attached hydrogens (primary N) is 1. The molecule has 78 valence electrons. The average molecular weight is 198 g/mol. The van der Waals surface area contributed by atoms with Gasteiger partial charge in [-0.15, -0.1) is 0 Å². The molecule has 0 saturated heterocycles. The fraction of sp³-hybridized carbons (Fsp3) is 0.857. The molecular weight excluding hydrogens is 185 g/mol. The van der Waals surface area contributed by atoms with Crippen molar-refractivity contribution >= 4 is 5.91 Å². The summed E-state index contributed by atoms with van der Waals surface area (Å²) in [5.74, 6) is -1.01. The predicted octanol–water partition coefficient (Wildman–Crippen LogP) is 0.648. The van der Waals surface area contributed by atoms with Crippen LogP contribution in [-0.2, 0) is 4.79 Å². The molecule has 3 N–H and O–H groups in total. The summed E-state index contributed by atoms with van der Waals surface area (Å²) in [4.78, 5) is 10.7. The Morgan fingerprint density at radius 1 is 1.46 bits per heavy atom. The van der Waals surface area contributed by atoms with E-state index < -0.39 is 24.7 Å². The molecule has 0 aromatic rings. The predicted molar refractivity (Wildman–Crippen MR) is 41.9 cm³/mol. The number of hydrogen-bond donors (Lipinski definition) is 2. The van der Waals surface area contributed by atoms with Crippen molar-refractivity contribution in [1.82, 2.24) is 5.32 Å². The van der Waals surface area contributed by atoms with E-state index in [1.165, 1.54) is 0 Å². The molecule has 0 saturated carbocycles. The van der Waals surface area contributed by atoms with Crippen LogP contribution in [0, 0.1) is 5.92 Å². The van der Waals surface area contributed by atoms with Crippen LogP contribution in [0.1, 0.15) is 13.8 Å². The third-order valence-electron chi connectivity index (χ3n) is 1.50. The van der Waals surface area contributed by atoms with Gasteiger partial charge in [-0.2, -0.15) is 13.2 Å². The molecule has 0 rings (SSSR count). The maximum Gasteiger partial charge on any atom is 0.401 e. The summed E-state index contributed by atoms with van der Waals surface area (Å²) in [6, 6.07) is -0.929. The van der Waals surface area contributed by atoms with Gasteiger partial charge in [0.2, 0.25) is 5.91 Å². The number of primary amides is 1. The summed E-state index contributed by atoms with van der Waals surface area (Å²) in [5, 5.41) is 2.06. The van der Waals surface area contributed by atoms with Gasteiger partial charge in [0.25, 0.3) is 0 Å². The van der Waals surface area contributed by atoms with Gasteiger partial charge in [0, 0.05) is 0 Å². The van der Waals surface area contributed by atoms with Crippen LogP contribution >= 0.6 is 0 Å². The van der Waals surface area contributed by atoms with Gasteiger partial charge in [-0.3, -0.25) is 10.1 Å². The van der Waals surface area contributed by atoms with Crippen LogP contribution in [0.15, 0.2) is 0 Å². The first-order valence-electron chi connectivity index (χ1n) is 3.83. The number of amides is 1. The number of halogens is 3. The zero-order chi connectivity index (χ0) is 10.6. The average Bonchev–Trinajstić information content (AvgIpc) is 1.82. The monoisotopic (exact) mass is 198 g/mol.